The largest absolute Gasteiger partial charge is 0.468 e. The summed E-state index contributed by atoms with van der Waals surface area (Å²) in [7, 11) is 2.91. The molecule has 10 nitrogen and oxygen atoms in total. The Labute approximate surface area is 170 Å². The Morgan fingerprint density at radius 3 is 1.37 bits per heavy atom. The number of hydrogen-bond acceptors (Lipinski definition) is 8. The Morgan fingerprint density at radius 1 is 0.633 bits per heavy atom. The molecule has 154 valence electrons. The molecule has 0 saturated carbocycles. The van der Waals surface area contributed by atoms with E-state index in [1.54, 1.807) is 34.3 Å². The molecule has 4 aliphatic rings. The summed E-state index contributed by atoms with van der Waals surface area (Å²) in [4.78, 5) is 54.6. The van der Waals surface area contributed by atoms with Gasteiger partial charge in [-0.05, 0) is 24.3 Å². The average Bonchev–Trinajstić information content (AvgIpc) is 3.54. The molecule has 0 N–H and O–H groups in total. The first kappa shape index (κ1) is 17.6. The Kier molecular flexibility index (Phi) is 3.33. The van der Waals surface area contributed by atoms with Crippen LogP contribution < -0.4 is 0 Å². The third-order valence-corrected chi connectivity index (χ3v) is 6.84. The second-order valence-corrected chi connectivity index (χ2v) is 8.09. The average molecular weight is 410 g/mol. The van der Waals surface area contributed by atoms with E-state index in [9.17, 15) is 19.2 Å². The Balaban J connectivity index is 1.59. The third kappa shape index (κ3) is 1.86. The minimum Gasteiger partial charge on any atom is -0.468 e. The van der Waals surface area contributed by atoms with E-state index in [0.717, 1.165) is 9.80 Å². The van der Waals surface area contributed by atoms with Crippen LogP contribution in [-0.2, 0) is 19.2 Å². The van der Waals surface area contributed by atoms with Crippen molar-refractivity contribution in [2.24, 2.45) is 11.8 Å². The third-order valence-electron chi connectivity index (χ3n) is 6.84. The number of nitrogens with zero attached hydrogens (tertiary/aromatic N) is 4. The molecule has 0 aliphatic carbocycles. The van der Waals surface area contributed by atoms with Gasteiger partial charge in [0, 0.05) is 14.1 Å². The summed E-state index contributed by atoms with van der Waals surface area (Å²) >= 11 is 0. The molecule has 6 rings (SSSR count). The van der Waals surface area contributed by atoms with Crippen LogP contribution in [0, 0.1) is 11.8 Å². The van der Waals surface area contributed by atoms with E-state index in [2.05, 4.69) is 0 Å². The molecule has 4 aliphatic heterocycles. The number of fused-ring (bicyclic) bond motifs is 5. The highest BCUT2D eigenvalue weighted by Crippen LogP contribution is 2.58. The van der Waals surface area contributed by atoms with E-state index in [-0.39, 0.29) is 23.6 Å². The Hall–Kier alpha value is -3.24. The van der Waals surface area contributed by atoms with E-state index in [0.29, 0.717) is 11.5 Å². The highest BCUT2D eigenvalue weighted by Gasteiger charge is 2.73. The first-order chi connectivity index (χ1) is 14.4. The number of hydrazine groups is 1. The zero-order valence-electron chi connectivity index (χ0n) is 16.2. The lowest BCUT2D eigenvalue weighted by atomic mass is 9.87. The van der Waals surface area contributed by atoms with Gasteiger partial charge in [-0.3, -0.25) is 29.0 Å². The standard InChI is InChI=1S/C20H18N4O6/c1-21-17(25)11-13(9-5-3-7-29-9)24-16-12(18(26)22(2)20(16)28)14(10-6-4-8-30-10)23(24)15(11)19(21)27/h3-8,11-16H,1-2H3/t11-,12-,13+,14+,15-,16+/m0/s1. The smallest absolute Gasteiger partial charge is 0.248 e. The fourth-order valence-corrected chi connectivity index (χ4v) is 5.59. The van der Waals surface area contributed by atoms with E-state index in [4.69, 9.17) is 8.83 Å². The fraction of sp³-hybridized carbons (Fsp3) is 0.400. The highest BCUT2D eigenvalue weighted by molar-refractivity contribution is 6.10. The van der Waals surface area contributed by atoms with Crippen LogP contribution >= 0.6 is 0 Å². The summed E-state index contributed by atoms with van der Waals surface area (Å²) in [6.45, 7) is 0. The summed E-state index contributed by atoms with van der Waals surface area (Å²) in [5.74, 6) is -1.96. The minimum absolute atomic E-state index is 0.333. The van der Waals surface area contributed by atoms with Crippen molar-refractivity contribution >= 4 is 23.6 Å². The second-order valence-electron chi connectivity index (χ2n) is 8.09. The van der Waals surface area contributed by atoms with Gasteiger partial charge in [0.1, 0.15) is 23.6 Å². The molecular weight excluding hydrogens is 392 g/mol. The van der Waals surface area contributed by atoms with E-state index in [1.165, 1.54) is 26.6 Å². The predicted octanol–water partition coefficient (Wildman–Crippen LogP) is 0.168. The van der Waals surface area contributed by atoms with Crippen LogP contribution in [0.3, 0.4) is 0 Å². The van der Waals surface area contributed by atoms with Crippen molar-refractivity contribution in [3.05, 3.63) is 48.3 Å². The summed E-state index contributed by atoms with van der Waals surface area (Å²) < 4.78 is 11.3. The molecular formula is C20H18N4O6. The van der Waals surface area contributed by atoms with Gasteiger partial charge >= 0.3 is 0 Å². The number of furan rings is 2. The number of likely N-dealkylation sites (N-methyl/N-ethyl adjacent to an activating group) is 2. The zero-order valence-corrected chi connectivity index (χ0v) is 16.2. The van der Waals surface area contributed by atoms with Crippen molar-refractivity contribution in [3.8, 4) is 0 Å². The molecule has 2 aromatic rings. The molecule has 4 amide bonds. The second kappa shape index (κ2) is 5.67. The summed E-state index contributed by atoms with van der Waals surface area (Å²) in [5, 5.41) is 3.44. The number of rotatable bonds is 2. The van der Waals surface area contributed by atoms with Gasteiger partial charge in [-0.2, -0.15) is 0 Å². The number of carbonyl (C=O) groups is 4. The number of hydrogen-bond donors (Lipinski definition) is 0. The summed E-state index contributed by atoms with van der Waals surface area (Å²) in [5.41, 5.74) is 0. The maximum atomic E-state index is 13.1. The number of imide groups is 2. The van der Waals surface area contributed by atoms with Gasteiger partial charge < -0.3 is 8.83 Å². The van der Waals surface area contributed by atoms with Crippen molar-refractivity contribution in [1.82, 2.24) is 19.8 Å². The lowest BCUT2D eigenvalue weighted by Crippen LogP contribution is -2.49. The van der Waals surface area contributed by atoms with Crippen molar-refractivity contribution in [1.29, 1.82) is 0 Å². The SMILES string of the molecule is CN1C(=O)[C@@H]2[C@@H](C1=O)N1[C@H](c3ccco3)[C@@H]3C(=O)N(C)C(=O)[C@@H]3N1[C@@H]2c1ccco1. The first-order valence-corrected chi connectivity index (χ1v) is 9.69. The van der Waals surface area contributed by atoms with Crippen molar-refractivity contribution < 1.29 is 28.0 Å². The molecule has 0 radical (unpaired) electrons. The molecule has 6 heterocycles. The first-order valence-electron chi connectivity index (χ1n) is 9.69. The number of likely N-dealkylation sites (tertiary alicyclic amines) is 2. The molecule has 0 spiro atoms. The molecule has 6 atom stereocenters. The van der Waals surface area contributed by atoms with Gasteiger partial charge in [-0.15, -0.1) is 0 Å². The van der Waals surface area contributed by atoms with Gasteiger partial charge in [0.15, 0.2) is 0 Å². The van der Waals surface area contributed by atoms with Crippen LogP contribution in [0.15, 0.2) is 45.6 Å². The molecule has 4 saturated heterocycles. The van der Waals surface area contributed by atoms with Crippen molar-refractivity contribution in [3.63, 3.8) is 0 Å². The van der Waals surface area contributed by atoms with Crippen LogP contribution in [-0.4, -0.2) is 69.6 Å². The van der Waals surface area contributed by atoms with E-state index in [1.807, 2.05) is 0 Å². The van der Waals surface area contributed by atoms with Gasteiger partial charge in [0.2, 0.25) is 23.6 Å². The minimum atomic E-state index is -0.843. The van der Waals surface area contributed by atoms with Crippen molar-refractivity contribution in [2.45, 2.75) is 24.2 Å². The highest BCUT2D eigenvalue weighted by atomic mass is 16.3. The van der Waals surface area contributed by atoms with E-state index >= 15 is 0 Å². The van der Waals surface area contributed by atoms with Crippen molar-refractivity contribution in [2.75, 3.05) is 14.1 Å². The van der Waals surface area contributed by atoms with Crippen LogP contribution in [0.2, 0.25) is 0 Å². The molecule has 0 unspecified atom stereocenters. The normalized spacial score (nSPS) is 36.2. The van der Waals surface area contributed by atoms with E-state index < -0.39 is 36.0 Å². The van der Waals surface area contributed by atoms with Crippen LogP contribution in [0.5, 0.6) is 0 Å². The molecule has 30 heavy (non-hydrogen) atoms. The van der Waals surface area contributed by atoms with Gasteiger partial charge in [-0.25, -0.2) is 10.0 Å². The number of carbonyl (C=O) groups excluding carboxylic acids is 4. The zero-order chi connectivity index (χ0) is 20.9. The summed E-state index contributed by atoms with van der Waals surface area (Å²) in [6.07, 6.45) is 2.98. The maximum absolute atomic E-state index is 13.1. The summed E-state index contributed by atoms with van der Waals surface area (Å²) in [6, 6.07) is 3.80. The molecule has 2 aromatic heterocycles. The lowest BCUT2D eigenvalue weighted by Gasteiger charge is -2.33. The Bertz CT molecular complexity index is 993. The quantitative estimate of drug-likeness (QED) is 0.645. The number of amides is 4. The molecule has 0 aromatic carbocycles. The predicted molar refractivity (Wildman–Crippen MR) is 96.7 cm³/mol. The fourth-order valence-electron chi connectivity index (χ4n) is 5.59. The lowest BCUT2D eigenvalue weighted by molar-refractivity contribution is -0.152. The van der Waals surface area contributed by atoms with Crippen LogP contribution in [0.25, 0.3) is 0 Å². The molecule has 10 heteroatoms. The monoisotopic (exact) mass is 410 g/mol. The molecule has 0 bridgehead atoms. The Morgan fingerprint density at radius 2 is 1.03 bits per heavy atom. The maximum Gasteiger partial charge on any atom is 0.248 e. The van der Waals surface area contributed by atoms with Crippen LogP contribution in [0.1, 0.15) is 23.6 Å². The van der Waals surface area contributed by atoms with Gasteiger partial charge in [-0.1, -0.05) is 0 Å². The topological polar surface area (TPSA) is 108 Å². The molecule has 4 fully saturated rings. The van der Waals surface area contributed by atoms with Crippen LogP contribution in [0.4, 0.5) is 0 Å². The van der Waals surface area contributed by atoms with Gasteiger partial charge in [0.05, 0.1) is 36.4 Å². The van der Waals surface area contributed by atoms with Gasteiger partial charge in [0.25, 0.3) is 0 Å².